The second-order valence-corrected chi connectivity index (χ2v) is 5.16. The van der Waals surface area contributed by atoms with Gasteiger partial charge in [-0.05, 0) is 34.8 Å². The average Bonchev–Trinajstić information content (AvgIpc) is 2.12. The largest absolute Gasteiger partial charge is 0.385 e. The summed E-state index contributed by atoms with van der Waals surface area (Å²) in [5, 5.41) is 10.1. The van der Waals surface area contributed by atoms with Gasteiger partial charge in [0.25, 0.3) is 0 Å². The Morgan fingerprint density at radius 1 is 1.53 bits per heavy atom. The first-order valence-electron chi connectivity index (χ1n) is 4.56. The molecule has 15 heavy (non-hydrogen) atoms. The minimum Gasteiger partial charge on any atom is -0.385 e. The van der Waals surface area contributed by atoms with E-state index in [1.807, 2.05) is 0 Å². The summed E-state index contributed by atoms with van der Waals surface area (Å²) in [5.41, 5.74) is 4.67. The molecule has 0 amide bonds. The van der Waals surface area contributed by atoms with Gasteiger partial charge in [0.15, 0.2) is 0 Å². The van der Waals surface area contributed by atoms with E-state index in [1.54, 1.807) is 6.07 Å². The van der Waals surface area contributed by atoms with Crippen LogP contribution in [0.5, 0.6) is 0 Å². The molecular weight excluding hydrogens is 284 g/mol. The number of benzene rings is 1. The molecule has 0 heterocycles. The first-order chi connectivity index (χ1) is 6.94. The molecule has 1 fully saturated rings. The molecule has 1 aromatic rings. The third kappa shape index (κ3) is 1.80. The molecule has 1 saturated carbocycles. The standard InChI is InChI=1S/C10H10BrClFNO/c11-7-2-1-6(9(13)8(7)12)10(15)3-5(14)4-10/h1-2,5,15H,3-4,14H2. The zero-order chi connectivity index (χ0) is 11.2. The van der Waals surface area contributed by atoms with E-state index in [0.717, 1.165) is 0 Å². The van der Waals surface area contributed by atoms with E-state index in [4.69, 9.17) is 17.3 Å². The molecule has 0 aromatic heterocycles. The summed E-state index contributed by atoms with van der Waals surface area (Å²) in [6.07, 6.45) is 0.754. The highest BCUT2D eigenvalue weighted by atomic mass is 79.9. The monoisotopic (exact) mass is 293 g/mol. The molecule has 82 valence electrons. The highest BCUT2D eigenvalue weighted by molar-refractivity contribution is 9.10. The number of halogens is 3. The smallest absolute Gasteiger partial charge is 0.149 e. The molecule has 2 nitrogen and oxygen atoms in total. The van der Waals surface area contributed by atoms with Gasteiger partial charge in [-0.25, -0.2) is 4.39 Å². The van der Waals surface area contributed by atoms with Gasteiger partial charge in [-0.3, -0.25) is 0 Å². The fourth-order valence-electron chi connectivity index (χ4n) is 1.91. The number of hydrogen-bond acceptors (Lipinski definition) is 2. The van der Waals surface area contributed by atoms with Crippen molar-refractivity contribution in [3.05, 3.63) is 33.0 Å². The number of aliphatic hydroxyl groups is 1. The maximum Gasteiger partial charge on any atom is 0.149 e. The van der Waals surface area contributed by atoms with Crippen molar-refractivity contribution < 1.29 is 9.50 Å². The quantitative estimate of drug-likeness (QED) is 0.782. The molecule has 0 bridgehead atoms. The average molecular weight is 295 g/mol. The first-order valence-corrected chi connectivity index (χ1v) is 5.73. The molecule has 5 heteroatoms. The van der Waals surface area contributed by atoms with Crippen LogP contribution >= 0.6 is 27.5 Å². The molecule has 0 saturated heterocycles. The van der Waals surface area contributed by atoms with E-state index in [0.29, 0.717) is 17.3 Å². The Kier molecular flexibility index (Phi) is 2.79. The van der Waals surface area contributed by atoms with Crippen LogP contribution in [0.25, 0.3) is 0 Å². The van der Waals surface area contributed by atoms with Crippen molar-refractivity contribution in [1.82, 2.24) is 0 Å². The Morgan fingerprint density at radius 3 is 2.67 bits per heavy atom. The van der Waals surface area contributed by atoms with E-state index < -0.39 is 11.4 Å². The topological polar surface area (TPSA) is 46.2 Å². The maximum absolute atomic E-state index is 13.7. The van der Waals surface area contributed by atoms with Gasteiger partial charge in [0, 0.05) is 16.1 Å². The number of nitrogens with two attached hydrogens (primary N) is 1. The third-order valence-electron chi connectivity index (χ3n) is 2.74. The van der Waals surface area contributed by atoms with Gasteiger partial charge in [-0.1, -0.05) is 17.7 Å². The first kappa shape index (κ1) is 11.3. The van der Waals surface area contributed by atoms with Crippen LogP contribution in [0.1, 0.15) is 18.4 Å². The van der Waals surface area contributed by atoms with Crippen molar-refractivity contribution in [1.29, 1.82) is 0 Å². The molecule has 1 aliphatic carbocycles. The Morgan fingerprint density at radius 2 is 2.13 bits per heavy atom. The van der Waals surface area contributed by atoms with E-state index in [9.17, 15) is 9.50 Å². The van der Waals surface area contributed by atoms with Gasteiger partial charge in [0.1, 0.15) is 5.82 Å². The van der Waals surface area contributed by atoms with Crippen molar-refractivity contribution in [2.75, 3.05) is 0 Å². The lowest BCUT2D eigenvalue weighted by Gasteiger charge is -2.42. The predicted molar refractivity (Wildman–Crippen MR) is 60.2 cm³/mol. The SMILES string of the molecule is NC1CC(O)(c2ccc(Br)c(Cl)c2F)C1. The van der Waals surface area contributed by atoms with Gasteiger partial charge in [0.05, 0.1) is 10.6 Å². The molecule has 0 aliphatic heterocycles. The summed E-state index contributed by atoms with van der Waals surface area (Å²) in [6.45, 7) is 0. The van der Waals surface area contributed by atoms with Crippen LogP contribution in [0, 0.1) is 5.82 Å². The molecule has 0 radical (unpaired) electrons. The van der Waals surface area contributed by atoms with Gasteiger partial charge >= 0.3 is 0 Å². The fraction of sp³-hybridized carbons (Fsp3) is 0.400. The second-order valence-electron chi connectivity index (χ2n) is 3.92. The van der Waals surface area contributed by atoms with Crippen molar-refractivity contribution in [3.63, 3.8) is 0 Å². The second kappa shape index (κ2) is 3.70. The normalized spacial score (nSPS) is 30.1. The fourth-order valence-corrected chi connectivity index (χ4v) is 2.38. The summed E-state index contributed by atoms with van der Waals surface area (Å²) in [4.78, 5) is 0. The van der Waals surface area contributed by atoms with E-state index in [-0.39, 0.29) is 16.6 Å². The van der Waals surface area contributed by atoms with Gasteiger partial charge in [0.2, 0.25) is 0 Å². The van der Waals surface area contributed by atoms with Crippen molar-refractivity contribution in [2.24, 2.45) is 5.73 Å². The Labute approximate surface area is 100 Å². The van der Waals surface area contributed by atoms with Crippen LogP contribution in [-0.4, -0.2) is 11.1 Å². The molecule has 2 rings (SSSR count). The molecule has 1 aliphatic rings. The van der Waals surface area contributed by atoms with Gasteiger partial charge in [-0.2, -0.15) is 0 Å². The van der Waals surface area contributed by atoms with Crippen LogP contribution in [0.3, 0.4) is 0 Å². The summed E-state index contributed by atoms with van der Waals surface area (Å²) < 4.78 is 14.2. The lowest BCUT2D eigenvalue weighted by Crippen LogP contribution is -2.49. The summed E-state index contributed by atoms with van der Waals surface area (Å²) >= 11 is 8.86. The van der Waals surface area contributed by atoms with Gasteiger partial charge in [-0.15, -0.1) is 0 Å². The van der Waals surface area contributed by atoms with E-state index in [2.05, 4.69) is 15.9 Å². The van der Waals surface area contributed by atoms with Crippen molar-refractivity contribution in [2.45, 2.75) is 24.5 Å². The molecule has 0 spiro atoms. The highest BCUT2D eigenvalue weighted by Crippen LogP contribution is 2.43. The lowest BCUT2D eigenvalue weighted by atomic mass is 9.71. The summed E-state index contributed by atoms with van der Waals surface area (Å²) in [7, 11) is 0. The van der Waals surface area contributed by atoms with E-state index in [1.165, 1.54) is 6.07 Å². The Balaban J connectivity index is 2.42. The Hall–Kier alpha value is -0.160. The minimum absolute atomic E-state index is 0.00129. The molecule has 0 atom stereocenters. The molecule has 1 aromatic carbocycles. The predicted octanol–water partition coefficient (Wildman–Crippen LogP) is 2.55. The summed E-state index contributed by atoms with van der Waals surface area (Å²) in [5.74, 6) is -0.569. The van der Waals surface area contributed by atoms with Crippen molar-refractivity contribution in [3.8, 4) is 0 Å². The molecule has 3 N–H and O–H groups in total. The summed E-state index contributed by atoms with van der Waals surface area (Å²) in [6, 6.07) is 3.11. The number of hydrogen-bond donors (Lipinski definition) is 2. The highest BCUT2D eigenvalue weighted by Gasteiger charge is 2.44. The lowest BCUT2D eigenvalue weighted by molar-refractivity contribution is -0.0549. The van der Waals surface area contributed by atoms with Crippen LogP contribution < -0.4 is 5.73 Å². The maximum atomic E-state index is 13.7. The Bertz CT molecular complexity index is 407. The zero-order valence-electron chi connectivity index (χ0n) is 7.80. The van der Waals surface area contributed by atoms with Crippen LogP contribution in [0.2, 0.25) is 5.02 Å². The van der Waals surface area contributed by atoms with Crippen LogP contribution in [0.15, 0.2) is 16.6 Å². The van der Waals surface area contributed by atoms with Gasteiger partial charge < -0.3 is 10.8 Å². The van der Waals surface area contributed by atoms with Crippen molar-refractivity contribution >= 4 is 27.5 Å². The zero-order valence-corrected chi connectivity index (χ0v) is 10.1. The van der Waals surface area contributed by atoms with E-state index >= 15 is 0 Å². The van der Waals surface area contributed by atoms with Crippen LogP contribution in [-0.2, 0) is 5.60 Å². The molecular formula is C10H10BrClFNO. The number of rotatable bonds is 1. The third-order valence-corrected chi connectivity index (χ3v) is 3.99. The molecule has 0 unspecified atom stereocenters. The minimum atomic E-state index is -1.14. The van der Waals surface area contributed by atoms with Crippen LogP contribution in [0.4, 0.5) is 4.39 Å².